The molecule has 4 rings (SSSR count). The Hall–Kier alpha value is -2.45. The summed E-state index contributed by atoms with van der Waals surface area (Å²) in [5, 5.41) is 11.0. The van der Waals surface area contributed by atoms with E-state index < -0.39 is 0 Å². The molecule has 7 nitrogen and oxygen atoms in total. The standard InChI is InChI=1S/C18H21N3O2S.C5H10O2/c1-2-4-14(5-3-1)22-11-15-10-16(21-23-15)17-12-24-18(20-17)13-6-8-19-9-7-13;1-5(2,3)7-4-6/h1-5,12-13,15,19H,6-11H2;4H,1-3H3. The van der Waals surface area contributed by atoms with Gasteiger partial charge in [-0.3, -0.25) is 4.79 Å². The van der Waals surface area contributed by atoms with E-state index in [-0.39, 0.29) is 11.7 Å². The van der Waals surface area contributed by atoms with Crippen molar-refractivity contribution in [2.45, 2.75) is 57.7 Å². The molecule has 1 aromatic carbocycles. The number of nitrogens with one attached hydrogen (secondary N) is 1. The molecule has 0 amide bonds. The topological polar surface area (TPSA) is 82.0 Å². The molecule has 1 N–H and O–H groups in total. The van der Waals surface area contributed by atoms with Crippen molar-refractivity contribution in [3.05, 3.63) is 46.4 Å². The maximum absolute atomic E-state index is 9.60. The maximum atomic E-state index is 9.60. The molecule has 1 fully saturated rings. The van der Waals surface area contributed by atoms with Crippen LogP contribution >= 0.6 is 11.3 Å². The Morgan fingerprint density at radius 1 is 1.23 bits per heavy atom. The summed E-state index contributed by atoms with van der Waals surface area (Å²) in [5.41, 5.74) is 1.59. The fourth-order valence-electron chi connectivity index (χ4n) is 3.20. The minimum Gasteiger partial charge on any atom is -0.490 e. The predicted molar refractivity (Wildman–Crippen MR) is 122 cm³/mol. The number of benzene rings is 1. The van der Waals surface area contributed by atoms with Crippen LogP contribution in [-0.2, 0) is 14.4 Å². The van der Waals surface area contributed by atoms with Gasteiger partial charge in [-0.25, -0.2) is 4.98 Å². The van der Waals surface area contributed by atoms with Gasteiger partial charge in [0.15, 0.2) is 6.10 Å². The predicted octanol–water partition coefficient (Wildman–Crippen LogP) is 4.14. The van der Waals surface area contributed by atoms with Crippen LogP contribution in [0.1, 0.15) is 56.7 Å². The zero-order valence-electron chi connectivity index (χ0n) is 18.4. The lowest BCUT2D eigenvalue weighted by Crippen LogP contribution is -2.26. The first-order chi connectivity index (χ1) is 14.9. The van der Waals surface area contributed by atoms with Gasteiger partial charge in [0.1, 0.15) is 23.7 Å². The third-order valence-corrected chi connectivity index (χ3v) is 5.83. The summed E-state index contributed by atoms with van der Waals surface area (Å²) in [7, 11) is 0. The number of carbonyl (C=O) groups is 1. The highest BCUT2D eigenvalue weighted by Gasteiger charge is 2.26. The minimum atomic E-state index is -0.318. The van der Waals surface area contributed by atoms with Gasteiger partial charge in [0.2, 0.25) is 0 Å². The Balaban J connectivity index is 0.000000339. The van der Waals surface area contributed by atoms with Gasteiger partial charge in [0, 0.05) is 17.7 Å². The second-order valence-electron chi connectivity index (χ2n) is 8.52. The van der Waals surface area contributed by atoms with Crippen LogP contribution < -0.4 is 10.1 Å². The number of carbonyl (C=O) groups excluding carboxylic acids is 1. The number of hydrogen-bond donors (Lipinski definition) is 1. The van der Waals surface area contributed by atoms with Crippen molar-refractivity contribution >= 4 is 23.5 Å². The molecule has 1 unspecified atom stereocenters. The Labute approximate surface area is 187 Å². The highest BCUT2D eigenvalue weighted by molar-refractivity contribution is 7.10. The molecule has 2 aromatic rings. The number of piperidine rings is 1. The lowest BCUT2D eigenvalue weighted by atomic mass is 9.99. The lowest BCUT2D eigenvalue weighted by molar-refractivity contribution is -0.138. The van der Waals surface area contributed by atoms with E-state index in [1.54, 1.807) is 11.3 Å². The fraction of sp³-hybridized carbons (Fsp3) is 0.522. The van der Waals surface area contributed by atoms with Gasteiger partial charge in [-0.05, 0) is 58.8 Å². The van der Waals surface area contributed by atoms with Crippen LogP contribution in [0.15, 0.2) is 40.9 Å². The van der Waals surface area contributed by atoms with E-state index in [2.05, 4.69) is 20.6 Å². The van der Waals surface area contributed by atoms with E-state index in [1.807, 2.05) is 51.1 Å². The summed E-state index contributed by atoms with van der Waals surface area (Å²) in [6.45, 7) is 8.59. The average molecular weight is 446 g/mol. The molecule has 0 bridgehead atoms. The second-order valence-corrected chi connectivity index (χ2v) is 9.40. The monoisotopic (exact) mass is 445 g/mol. The zero-order valence-corrected chi connectivity index (χ0v) is 19.2. The SMILES string of the molecule is CC(C)(C)OC=O.c1ccc(OCC2CC(c3csc(C4CCNCC4)n3)=NO2)cc1. The van der Waals surface area contributed by atoms with Crippen molar-refractivity contribution in [3.8, 4) is 5.75 Å². The number of nitrogens with zero attached hydrogens (tertiary/aromatic N) is 2. The van der Waals surface area contributed by atoms with E-state index in [1.165, 1.54) is 17.8 Å². The summed E-state index contributed by atoms with van der Waals surface area (Å²) in [5.74, 6) is 1.45. The van der Waals surface area contributed by atoms with Crippen LogP contribution in [0.4, 0.5) is 0 Å². The van der Waals surface area contributed by atoms with Crippen LogP contribution in [0.3, 0.4) is 0 Å². The van der Waals surface area contributed by atoms with Crippen molar-refractivity contribution in [3.63, 3.8) is 0 Å². The highest BCUT2D eigenvalue weighted by Crippen LogP contribution is 2.29. The summed E-state index contributed by atoms with van der Waals surface area (Å²) >= 11 is 1.75. The molecular weight excluding hydrogens is 414 g/mol. The second kappa shape index (κ2) is 11.2. The number of hydrogen-bond acceptors (Lipinski definition) is 8. The fourth-order valence-corrected chi connectivity index (χ4v) is 4.20. The molecule has 0 radical (unpaired) electrons. The summed E-state index contributed by atoms with van der Waals surface area (Å²) in [6, 6.07) is 9.79. The Bertz CT molecular complexity index is 842. The van der Waals surface area contributed by atoms with Crippen LogP contribution in [-0.4, -0.2) is 48.6 Å². The van der Waals surface area contributed by atoms with E-state index in [9.17, 15) is 4.79 Å². The molecule has 3 heterocycles. The number of ether oxygens (including phenoxy) is 2. The van der Waals surface area contributed by atoms with Crippen molar-refractivity contribution < 1.29 is 19.1 Å². The molecule has 0 spiro atoms. The molecule has 8 heteroatoms. The van der Waals surface area contributed by atoms with Crippen LogP contribution in [0.5, 0.6) is 5.75 Å². The van der Waals surface area contributed by atoms with E-state index in [0.717, 1.165) is 36.7 Å². The first-order valence-corrected chi connectivity index (χ1v) is 11.5. The number of thiazole rings is 1. The van der Waals surface area contributed by atoms with E-state index in [0.29, 0.717) is 19.0 Å². The first-order valence-electron chi connectivity index (χ1n) is 10.6. The first kappa shape index (κ1) is 23.2. The molecule has 31 heavy (non-hydrogen) atoms. The normalized spacial score (nSPS) is 18.9. The molecule has 168 valence electrons. The third-order valence-electron chi connectivity index (χ3n) is 4.82. The van der Waals surface area contributed by atoms with Crippen molar-refractivity contribution in [2.24, 2.45) is 5.16 Å². The third kappa shape index (κ3) is 7.63. The van der Waals surface area contributed by atoms with Crippen molar-refractivity contribution in [1.82, 2.24) is 10.3 Å². The Kier molecular flexibility index (Phi) is 8.43. The molecule has 2 aliphatic rings. The summed E-state index contributed by atoms with van der Waals surface area (Å²) < 4.78 is 10.3. The van der Waals surface area contributed by atoms with Crippen molar-refractivity contribution in [1.29, 1.82) is 0 Å². The largest absolute Gasteiger partial charge is 0.490 e. The number of rotatable bonds is 6. The van der Waals surface area contributed by atoms with Crippen LogP contribution in [0, 0.1) is 0 Å². The number of oxime groups is 1. The Morgan fingerprint density at radius 2 is 1.97 bits per heavy atom. The van der Waals surface area contributed by atoms with Gasteiger partial charge < -0.3 is 19.6 Å². The molecule has 1 atom stereocenters. The zero-order chi connectivity index (χ0) is 22.1. The van der Waals surface area contributed by atoms with E-state index >= 15 is 0 Å². The summed E-state index contributed by atoms with van der Waals surface area (Å²) in [4.78, 5) is 19.9. The van der Waals surface area contributed by atoms with Gasteiger partial charge in [0.05, 0.1) is 10.7 Å². The quantitative estimate of drug-likeness (QED) is 0.673. The van der Waals surface area contributed by atoms with Gasteiger partial charge in [0.25, 0.3) is 6.47 Å². The van der Waals surface area contributed by atoms with Crippen molar-refractivity contribution in [2.75, 3.05) is 19.7 Å². The minimum absolute atomic E-state index is 0.0377. The molecule has 0 aliphatic carbocycles. The average Bonchev–Trinajstić information content (AvgIpc) is 3.43. The van der Waals surface area contributed by atoms with Gasteiger partial charge in [-0.1, -0.05) is 23.4 Å². The molecule has 0 saturated carbocycles. The highest BCUT2D eigenvalue weighted by atomic mass is 32.1. The van der Waals surface area contributed by atoms with Gasteiger partial charge in [-0.15, -0.1) is 11.3 Å². The number of para-hydroxylation sites is 1. The van der Waals surface area contributed by atoms with Crippen LogP contribution in [0.25, 0.3) is 0 Å². The molecule has 2 aliphatic heterocycles. The smallest absolute Gasteiger partial charge is 0.293 e. The van der Waals surface area contributed by atoms with Gasteiger partial charge >= 0.3 is 0 Å². The lowest BCUT2D eigenvalue weighted by Gasteiger charge is -2.20. The van der Waals surface area contributed by atoms with E-state index in [4.69, 9.17) is 14.6 Å². The molecular formula is C23H31N3O4S. The molecule has 1 saturated heterocycles. The summed E-state index contributed by atoms with van der Waals surface area (Å²) in [6.07, 6.45) is 3.05. The van der Waals surface area contributed by atoms with Crippen LogP contribution in [0.2, 0.25) is 0 Å². The molecule has 1 aromatic heterocycles. The number of aromatic nitrogens is 1. The van der Waals surface area contributed by atoms with Gasteiger partial charge in [-0.2, -0.15) is 0 Å². The Morgan fingerprint density at radius 3 is 2.61 bits per heavy atom. The maximum Gasteiger partial charge on any atom is 0.293 e.